The van der Waals surface area contributed by atoms with Crippen molar-refractivity contribution in [1.82, 2.24) is 0 Å². The molecular formula is C8H6BrN3O. The zero-order chi connectivity index (χ0) is 9.84. The van der Waals surface area contributed by atoms with E-state index in [-0.39, 0.29) is 0 Å². The highest BCUT2D eigenvalue weighted by Gasteiger charge is 2.03. The van der Waals surface area contributed by atoms with E-state index < -0.39 is 5.91 Å². The third kappa shape index (κ3) is 2.31. The van der Waals surface area contributed by atoms with Gasteiger partial charge in [-0.3, -0.25) is 4.79 Å². The van der Waals surface area contributed by atoms with E-state index in [0.717, 1.165) is 10.0 Å². The average molecular weight is 240 g/mol. The second-order valence-electron chi connectivity index (χ2n) is 2.46. The summed E-state index contributed by atoms with van der Waals surface area (Å²) in [6.07, 6.45) is 0. The predicted molar refractivity (Wildman–Crippen MR) is 52.4 cm³/mol. The van der Waals surface area contributed by atoms with Gasteiger partial charge in [0.05, 0.1) is 0 Å². The fourth-order valence-corrected chi connectivity index (χ4v) is 1.20. The Labute approximate surface area is 83.3 Å². The van der Waals surface area contributed by atoms with Crippen LogP contribution in [0.1, 0.15) is 15.9 Å². The summed E-state index contributed by atoms with van der Waals surface area (Å²) in [6.45, 7) is 1.91. The Morgan fingerprint density at radius 1 is 1.62 bits per heavy atom. The molecule has 1 aromatic rings. The molecule has 0 saturated carbocycles. The molecule has 1 aromatic carbocycles. The molecule has 0 N–H and O–H groups in total. The first-order valence-electron chi connectivity index (χ1n) is 3.50. The molecule has 0 heterocycles. The van der Waals surface area contributed by atoms with Crippen molar-refractivity contribution >= 4 is 21.8 Å². The number of azide groups is 1. The van der Waals surface area contributed by atoms with Crippen LogP contribution >= 0.6 is 15.9 Å². The highest BCUT2D eigenvalue weighted by atomic mass is 79.9. The highest BCUT2D eigenvalue weighted by Crippen LogP contribution is 2.17. The molecule has 0 aliphatic heterocycles. The third-order valence-electron chi connectivity index (χ3n) is 1.55. The molecule has 0 aliphatic carbocycles. The summed E-state index contributed by atoms with van der Waals surface area (Å²) in [5.41, 5.74) is 9.46. The first kappa shape index (κ1) is 9.77. The Morgan fingerprint density at radius 3 is 2.85 bits per heavy atom. The molecule has 0 atom stereocenters. The van der Waals surface area contributed by atoms with Crippen LogP contribution < -0.4 is 0 Å². The van der Waals surface area contributed by atoms with Crippen molar-refractivity contribution in [3.8, 4) is 0 Å². The summed E-state index contributed by atoms with van der Waals surface area (Å²) in [4.78, 5) is 13.5. The van der Waals surface area contributed by atoms with Gasteiger partial charge in [-0.1, -0.05) is 28.1 Å². The van der Waals surface area contributed by atoms with E-state index >= 15 is 0 Å². The second kappa shape index (κ2) is 4.07. The lowest BCUT2D eigenvalue weighted by atomic mass is 10.1. The lowest BCUT2D eigenvalue weighted by molar-refractivity contribution is 0.100. The first-order chi connectivity index (χ1) is 6.15. The van der Waals surface area contributed by atoms with Crippen LogP contribution in [0.15, 0.2) is 27.8 Å². The van der Waals surface area contributed by atoms with Crippen LogP contribution in [0.3, 0.4) is 0 Å². The summed E-state index contributed by atoms with van der Waals surface area (Å²) in [7, 11) is 0. The molecule has 0 aromatic heterocycles. The topological polar surface area (TPSA) is 65.8 Å². The molecule has 0 aliphatic rings. The number of carbonyl (C=O) groups excluding carboxylic acids is 1. The van der Waals surface area contributed by atoms with Gasteiger partial charge < -0.3 is 0 Å². The van der Waals surface area contributed by atoms with Crippen LogP contribution in [-0.2, 0) is 0 Å². The van der Waals surface area contributed by atoms with Crippen molar-refractivity contribution in [3.63, 3.8) is 0 Å². The quantitative estimate of drug-likeness (QED) is 0.422. The molecule has 1 rings (SSSR count). The van der Waals surface area contributed by atoms with Crippen LogP contribution in [0, 0.1) is 6.92 Å². The molecule has 1 amide bonds. The van der Waals surface area contributed by atoms with E-state index in [1.165, 1.54) is 0 Å². The third-order valence-corrected chi connectivity index (χ3v) is 2.41. The summed E-state index contributed by atoms with van der Waals surface area (Å²) < 4.78 is 0.825. The number of carbonyl (C=O) groups is 1. The second-order valence-corrected chi connectivity index (χ2v) is 3.31. The van der Waals surface area contributed by atoms with Crippen molar-refractivity contribution in [2.45, 2.75) is 6.92 Å². The van der Waals surface area contributed by atoms with E-state index in [9.17, 15) is 4.79 Å². The van der Waals surface area contributed by atoms with Gasteiger partial charge in [-0.25, -0.2) is 0 Å². The molecule has 66 valence electrons. The molecule has 13 heavy (non-hydrogen) atoms. The molecule has 0 spiro atoms. The van der Waals surface area contributed by atoms with Crippen molar-refractivity contribution in [2.24, 2.45) is 5.11 Å². The van der Waals surface area contributed by atoms with Gasteiger partial charge in [-0.05, 0) is 29.2 Å². The molecule has 0 unspecified atom stereocenters. The Morgan fingerprint density at radius 2 is 2.31 bits per heavy atom. The van der Waals surface area contributed by atoms with Gasteiger partial charge in [0.1, 0.15) is 0 Å². The van der Waals surface area contributed by atoms with Gasteiger partial charge in [0.25, 0.3) is 0 Å². The van der Waals surface area contributed by atoms with Crippen LogP contribution in [0.2, 0.25) is 0 Å². The Hall–Kier alpha value is -1.32. The van der Waals surface area contributed by atoms with Crippen LogP contribution in [0.4, 0.5) is 0 Å². The minimum Gasteiger partial charge on any atom is -0.287 e. The number of aryl methyl sites for hydroxylation is 1. The summed E-state index contributed by atoms with van der Waals surface area (Å²) in [5, 5.41) is 2.99. The number of hydrogen-bond donors (Lipinski definition) is 0. The van der Waals surface area contributed by atoms with E-state index in [1.807, 2.05) is 6.92 Å². The van der Waals surface area contributed by atoms with Crippen LogP contribution in [0.25, 0.3) is 10.4 Å². The van der Waals surface area contributed by atoms with Crippen LogP contribution in [0.5, 0.6) is 0 Å². The number of nitrogens with zero attached hydrogens (tertiary/aromatic N) is 3. The molecule has 0 fully saturated rings. The number of amides is 1. The lowest BCUT2D eigenvalue weighted by Crippen LogP contribution is -1.93. The molecule has 4 nitrogen and oxygen atoms in total. The minimum atomic E-state index is -0.566. The number of benzene rings is 1. The maximum Gasteiger partial charge on any atom is 0.249 e. The van der Waals surface area contributed by atoms with E-state index in [0.29, 0.717) is 5.56 Å². The van der Waals surface area contributed by atoms with Gasteiger partial charge >= 0.3 is 0 Å². The highest BCUT2D eigenvalue weighted by molar-refractivity contribution is 9.10. The molecule has 0 bridgehead atoms. The normalized spacial score (nSPS) is 9.08. The Bertz CT molecular complexity index is 396. The zero-order valence-electron chi connectivity index (χ0n) is 6.86. The van der Waals surface area contributed by atoms with Crippen molar-refractivity contribution in [1.29, 1.82) is 0 Å². The van der Waals surface area contributed by atoms with Crippen molar-refractivity contribution in [2.75, 3.05) is 0 Å². The zero-order valence-corrected chi connectivity index (χ0v) is 8.45. The molecule has 0 radical (unpaired) electrons. The number of rotatable bonds is 1. The maximum absolute atomic E-state index is 11.1. The first-order valence-corrected chi connectivity index (χ1v) is 4.30. The van der Waals surface area contributed by atoms with Gasteiger partial charge in [-0.2, -0.15) is 0 Å². The number of hydrogen-bond acceptors (Lipinski definition) is 1. The molecular weight excluding hydrogens is 234 g/mol. The van der Waals surface area contributed by atoms with Gasteiger partial charge in [0.15, 0.2) is 0 Å². The fourth-order valence-electron chi connectivity index (χ4n) is 0.824. The van der Waals surface area contributed by atoms with Crippen LogP contribution in [-0.4, -0.2) is 5.91 Å². The molecule has 0 saturated heterocycles. The Balaban J connectivity index is 3.10. The van der Waals surface area contributed by atoms with Crippen molar-refractivity contribution < 1.29 is 4.79 Å². The summed E-state index contributed by atoms with van der Waals surface area (Å²) in [5.74, 6) is -0.566. The minimum absolute atomic E-state index is 0.385. The smallest absolute Gasteiger partial charge is 0.249 e. The van der Waals surface area contributed by atoms with Gasteiger partial charge in [0, 0.05) is 14.9 Å². The van der Waals surface area contributed by atoms with Crippen molar-refractivity contribution in [3.05, 3.63) is 44.2 Å². The monoisotopic (exact) mass is 239 g/mol. The maximum atomic E-state index is 11.1. The SMILES string of the molecule is Cc1ccc(C(=O)N=[N+]=[N-])cc1Br. The summed E-state index contributed by atoms with van der Waals surface area (Å²) in [6, 6.07) is 5.04. The lowest BCUT2D eigenvalue weighted by Gasteiger charge is -1.99. The average Bonchev–Trinajstić information content (AvgIpc) is 2.10. The summed E-state index contributed by atoms with van der Waals surface area (Å²) >= 11 is 3.28. The van der Waals surface area contributed by atoms with E-state index in [2.05, 4.69) is 26.0 Å². The van der Waals surface area contributed by atoms with Gasteiger partial charge in [-0.15, -0.1) is 0 Å². The standard InChI is InChI=1S/C8H6BrN3O/c1-5-2-3-6(4-7(5)9)8(13)11-12-10/h2-4H,1H3. The van der Waals surface area contributed by atoms with E-state index in [4.69, 9.17) is 5.53 Å². The van der Waals surface area contributed by atoms with Gasteiger partial charge in [0.2, 0.25) is 5.91 Å². The predicted octanol–water partition coefficient (Wildman–Crippen LogP) is 3.21. The van der Waals surface area contributed by atoms with E-state index in [1.54, 1.807) is 18.2 Å². The fraction of sp³-hybridized carbons (Fsp3) is 0.125. The number of halogens is 1. The Kier molecular flexibility index (Phi) is 3.06. The molecule has 5 heteroatoms. The largest absolute Gasteiger partial charge is 0.287 e.